The Balaban J connectivity index is 1.90. The molecule has 0 saturated carbocycles. The van der Waals surface area contributed by atoms with Crippen LogP contribution in [0.2, 0.25) is 0 Å². The molecule has 0 unspecified atom stereocenters. The topological polar surface area (TPSA) is 70.6 Å². The van der Waals surface area contributed by atoms with Crippen LogP contribution in [-0.2, 0) is 9.59 Å². The van der Waals surface area contributed by atoms with E-state index < -0.39 is 23.4 Å². The molecule has 2 aromatic carbocycles. The third kappa shape index (κ3) is 4.20. The molecule has 0 aliphatic carbocycles. The largest absolute Gasteiger partial charge is 0.329 e. The standard InChI is InChI=1S/C15H11F2N3O2/c16-11-7-5-10(6-8-11)9-18-20-15(22)14(21)19-13-4-2-1-3-12(13)17/h1-9H,(H,19,21)(H,20,22)/b18-9+. The van der Waals surface area contributed by atoms with Crippen LogP contribution in [0.15, 0.2) is 53.6 Å². The highest BCUT2D eigenvalue weighted by Crippen LogP contribution is 2.11. The molecule has 7 heteroatoms. The summed E-state index contributed by atoms with van der Waals surface area (Å²) in [5.41, 5.74) is 2.42. The monoisotopic (exact) mass is 303 g/mol. The van der Waals surface area contributed by atoms with E-state index in [0.29, 0.717) is 5.56 Å². The van der Waals surface area contributed by atoms with Crippen molar-refractivity contribution in [3.8, 4) is 0 Å². The van der Waals surface area contributed by atoms with Crippen LogP contribution in [0.1, 0.15) is 5.56 Å². The zero-order valence-corrected chi connectivity index (χ0v) is 11.2. The van der Waals surface area contributed by atoms with E-state index in [1.54, 1.807) is 0 Å². The molecule has 0 fully saturated rings. The molecule has 0 heterocycles. The molecular formula is C15H11F2N3O2. The summed E-state index contributed by atoms with van der Waals surface area (Å²) in [5.74, 6) is -3.16. The number of nitrogens with one attached hydrogen (secondary N) is 2. The summed E-state index contributed by atoms with van der Waals surface area (Å²) in [7, 11) is 0. The molecule has 5 nitrogen and oxygen atoms in total. The molecule has 22 heavy (non-hydrogen) atoms. The molecule has 0 spiro atoms. The Kier molecular flexibility index (Phi) is 4.92. The van der Waals surface area contributed by atoms with Crippen LogP contribution in [0.5, 0.6) is 0 Å². The third-order valence-corrected chi connectivity index (χ3v) is 2.58. The number of carbonyl (C=O) groups excluding carboxylic acids is 2. The summed E-state index contributed by atoms with van der Waals surface area (Å²) in [6.07, 6.45) is 1.24. The van der Waals surface area contributed by atoms with E-state index in [0.717, 1.165) is 6.07 Å². The van der Waals surface area contributed by atoms with E-state index in [9.17, 15) is 18.4 Å². The lowest BCUT2D eigenvalue weighted by atomic mass is 10.2. The highest BCUT2D eigenvalue weighted by atomic mass is 19.1. The smallest absolute Gasteiger partial charge is 0.315 e. The van der Waals surface area contributed by atoms with Crippen LogP contribution < -0.4 is 10.7 Å². The Morgan fingerprint density at radius 1 is 0.955 bits per heavy atom. The first kappa shape index (κ1) is 15.3. The van der Waals surface area contributed by atoms with Gasteiger partial charge in [-0.2, -0.15) is 5.10 Å². The van der Waals surface area contributed by atoms with Gasteiger partial charge in [-0.3, -0.25) is 9.59 Å². The van der Waals surface area contributed by atoms with Gasteiger partial charge in [0, 0.05) is 0 Å². The van der Waals surface area contributed by atoms with Gasteiger partial charge in [-0.1, -0.05) is 24.3 Å². The minimum absolute atomic E-state index is 0.106. The van der Waals surface area contributed by atoms with Gasteiger partial charge >= 0.3 is 11.8 Å². The predicted molar refractivity (Wildman–Crippen MR) is 77.2 cm³/mol. The van der Waals surface area contributed by atoms with Crippen LogP contribution in [-0.4, -0.2) is 18.0 Å². The zero-order valence-electron chi connectivity index (χ0n) is 11.2. The second-order valence-corrected chi connectivity index (χ2v) is 4.18. The molecule has 0 aliphatic heterocycles. The Labute approximate surface area is 124 Å². The van der Waals surface area contributed by atoms with Crippen LogP contribution in [0.4, 0.5) is 14.5 Å². The highest BCUT2D eigenvalue weighted by Gasteiger charge is 2.14. The number of nitrogens with zero attached hydrogens (tertiary/aromatic N) is 1. The summed E-state index contributed by atoms with van der Waals surface area (Å²) in [6.45, 7) is 0. The number of benzene rings is 2. The van der Waals surface area contributed by atoms with Crippen LogP contribution in [0, 0.1) is 11.6 Å². The van der Waals surface area contributed by atoms with E-state index in [2.05, 4.69) is 10.4 Å². The average molecular weight is 303 g/mol. The van der Waals surface area contributed by atoms with Crippen molar-refractivity contribution in [2.45, 2.75) is 0 Å². The molecule has 0 aromatic heterocycles. The van der Waals surface area contributed by atoms with Crippen molar-refractivity contribution in [1.29, 1.82) is 0 Å². The number of para-hydroxylation sites is 1. The van der Waals surface area contributed by atoms with Crippen molar-refractivity contribution in [2.75, 3.05) is 5.32 Å². The maximum atomic E-state index is 13.3. The lowest BCUT2D eigenvalue weighted by molar-refractivity contribution is -0.136. The molecule has 0 saturated heterocycles. The lowest BCUT2D eigenvalue weighted by Crippen LogP contribution is -2.32. The van der Waals surface area contributed by atoms with Gasteiger partial charge in [-0.05, 0) is 29.8 Å². The third-order valence-electron chi connectivity index (χ3n) is 2.58. The second-order valence-electron chi connectivity index (χ2n) is 4.18. The lowest BCUT2D eigenvalue weighted by Gasteiger charge is -2.04. The molecule has 2 amide bonds. The number of carbonyl (C=O) groups is 2. The Bertz CT molecular complexity index is 715. The van der Waals surface area contributed by atoms with Crippen molar-refractivity contribution in [2.24, 2.45) is 5.10 Å². The van der Waals surface area contributed by atoms with Gasteiger partial charge in [0.05, 0.1) is 11.9 Å². The Morgan fingerprint density at radius 3 is 2.32 bits per heavy atom. The molecule has 0 atom stereocenters. The minimum atomic E-state index is -1.05. The number of hydrazone groups is 1. The SMILES string of the molecule is O=C(N/N=C/c1ccc(F)cc1)C(=O)Nc1ccccc1F. The molecule has 0 aliphatic rings. The fraction of sp³-hybridized carbons (Fsp3) is 0. The maximum absolute atomic E-state index is 13.3. The fourth-order valence-electron chi connectivity index (χ4n) is 1.51. The quantitative estimate of drug-likeness (QED) is 0.517. The molecular weight excluding hydrogens is 292 g/mol. The normalized spacial score (nSPS) is 10.5. The van der Waals surface area contributed by atoms with E-state index in [1.807, 2.05) is 5.43 Å². The highest BCUT2D eigenvalue weighted by molar-refractivity contribution is 6.39. The molecule has 0 bridgehead atoms. The first-order valence-corrected chi connectivity index (χ1v) is 6.21. The van der Waals surface area contributed by atoms with Gasteiger partial charge in [-0.15, -0.1) is 0 Å². The van der Waals surface area contributed by atoms with E-state index in [-0.39, 0.29) is 5.69 Å². The van der Waals surface area contributed by atoms with Gasteiger partial charge in [-0.25, -0.2) is 14.2 Å². The van der Waals surface area contributed by atoms with E-state index in [1.165, 1.54) is 48.7 Å². The van der Waals surface area contributed by atoms with Crippen molar-refractivity contribution < 1.29 is 18.4 Å². The van der Waals surface area contributed by atoms with Gasteiger partial charge in [0.1, 0.15) is 11.6 Å². The van der Waals surface area contributed by atoms with Gasteiger partial charge in [0.15, 0.2) is 0 Å². The van der Waals surface area contributed by atoms with Crippen molar-refractivity contribution in [3.05, 3.63) is 65.7 Å². The Hall–Kier alpha value is -3.09. The number of halogens is 2. The number of hydrogen-bond donors (Lipinski definition) is 2. The number of rotatable bonds is 3. The maximum Gasteiger partial charge on any atom is 0.329 e. The first-order valence-electron chi connectivity index (χ1n) is 6.21. The van der Waals surface area contributed by atoms with Gasteiger partial charge in [0.25, 0.3) is 0 Å². The average Bonchev–Trinajstić information content (AvgIpc) is 2.51. The fourth-order valence-corrected chi connectivity index (χ4v) is 1.51. The number of hydrogen-bond acceptors (Lipinski definition) is 3. The predicted octanol–water partition coefficient (Wildman–Crippen LogP) is 2.05. The number of amides is 2. The molecule has 0 radical (unpaired) electrons. The van der Waals surface area contributed by atoms with E-state index >= 15 is 0 Å². The van der Waals surface area contributed by atoms with Crippen molar-refractivity contribution in [3.63, 3.8) is 0 Å². The van der Waals surface area contributed by atoms with Crippen LogP contribution in [0.25, 0.3) is 0 Å². The summed E-state index contributed by atoms with van der Waals surface area (Å²) in [4.78, 5) is 23.0. The molecule has 2 N–H and O–H groups in total. The van der Waals surface area contributed by atoms with Crippen molar-refractivity contribution >= 4 is 23.7 Å². The molecule has 2 aromatic rings. The first-order chi connectivity index (χ1) is 10.6. The summed E-state index contributed by atoms with van der Waals surface area (Å²) < 4.78 is 26.0. The van der Waals surface area contributed by atoms with E-state index in [4.69, 9.17) is 0 Å². The number of anilines is 1. The second kappa shape index (κ2) is 7.07. The van der Waals surface area contributed by atoms with Crippen molar-refractivity contribution in [1.82, 2.24) is 5.43 Å². The zero-order chi connectivity index (χ0) is 15.9. The van der Waals surface area contributed by atoms with Crippen LogP contribution in [0.3, 0.4) is 0 Å². The minimum Gasteiger partial charge on any atom is -0.315 e. The summed E-state index contributed by atoms with van der Waals surface area (Å²) in [6, 6.07) is 10.8. The van der Waals surface area contributed by atoms with Gasteiger partial charge in [0.2, 0.25) is 0 Å². The van der Waals surface area contributed by atoms with Gasteiger partial charge < -0.3 is 5.32 Å². The Morgan fingerprint density at radius 2 is 1.64 bits per heavy atom. The summed E-state index contributed by atoms with van der Waals surface area (Å²) in [5, 5.41) is 5.67. The van der Waals surface area contributed by atoms with Crippen LogP contribution >= 0.6 is 0 Å². The molecule has 2 rings (SSSR count). The summed E-state index contributed by atoms with van der Waals surface area (Å²) >= 11 is 0. The molecule has 112 valence electrons.